The Hall–Kier alpha value is -6.12. The van der Waals surface area contributed by atoms with Crippen LogP contribution in [0.5, 0.6) is 0 Å². The molecule has 4 aromatic carbocycles. The fourth-order valence-electron chi connectivity index (χ4n) is 7.62. The first-order valence-electron chi connectivity index (χ1n) is 17.8. The van der Waals surface area contributed by atoms with Crippen LogP contribution in [0.15, 0.2) is 167 Å². The lowest BCUT2D eigenvalue weighted by Gasteiger charge is -2.15. The van der Waals surface area contributed by atoms with Crippen molar-refractivity contribution >= 4 is 44.5 Å². The maximum atomic E-state index is 12.0. The lowest BCUT2D eigenvalue weighted by Crippen LogP contribution is -2.17. The fraction of sp³-hybridized carbons (Fsp3) is 0.0455. The lowest BCUT2D eigenvalue weighted by molar-refractivity contribution is -0.432. The van der Waals surface area contributed by atoms with Crippen LogP contribution < -0.4 is 16.0 Å². The van der Waals surface area contributed by atoms with Crippen molar-refractivity contribution in [2.24, 2.45) is 0 Å². The SMILES string of the molecule is O=S(=O)(O)c1ccc(C2=C3CCC(=C(c4ccc(SOOO)cc4)c4ccc([nH]4)C(c4ccccc4)=c4ccc([nH]4)=C(c4ccccc4)c4ccc2[nH]4)N3)cc1. The zero-order chi connectivity index (χ0) is 38.2. The molecule has 1 saturated heterocycles. The number of fused-ring (bicyclic) bond motifs is 8. The summed E-state index contributed by atoms with van der Waals surface area (Å²) in [5.74, 6) is 0. The summed E-state index contributed by atoms with van der Waals surface area (Å²) >= 11 is 0.896. The van der Waals surface area contributed by atoms with E-state index in [2.05, 4.69) is 90.3 Å². The molecule has 0 unspecified atom stereocenters. The molecule has 0 radical (unpaired) electrons. The second kappa shape index (κ2) is 14.8. The molecule has 278 valence electrons. The van der Waals surface area contributed by atoms with E-state index >= 15 is 0 Å². The molecule has 9 rings (SSSR count). The Morgan fingerprint density at radius 2 is 0.929 bits per heavy atom. The highest BCUT2D eigenvalue weighted by Crippen LogP contribution is 2.38. The number of aromatic nitrogens is 3. The summed E-state index contributed by atoms with van der Waals surface area (Å²) < 4.78 is 38.5. The highest BCUT2D eigenvalue weighted by Gasteiger charge is 2.26. The van der Waals surface area contributed by atoms with Gasteiger partial charge in [-0.3, -0.25) is 4.55 Å². The Morgan fingerprint density at radius 3 is 1.38 bits per heavy atom. The molecule has 0 amide bonds. The van der Waals surface area contributed by atoms with Gasteiger partial charge in [0.2, 0.25) is 0 Å². The van der Waals surface area contributed by atoms with Gasteiger partial charge in [-0.25, -0.2) is 5.26 Å². The number of allylic oxidation sites excluding steroid dienone is 2. The van der Waals surface area contributed by atoms with Gasteiger partial charge in [0.15, 0.2) is 0 Å². The first-order valence-corrected chi connectivity index (χ1v) is 20.0. The van der Waals surface area contributed by atoms with Gasteiger partial charge in [-0.05, 0) is 95.8 Å². The number of rotatable bonds is 8. The van der Waals surface area contributed by atoms with Crippen molar-refractivity contribution in [2.75, 3.05) is 0 Å². The summed E-state index contributed by atoms with van der Waals surface area (Å²) in [6.45, 7) is 0. The number of nitrogens with one attached hydrogen (secondary N) is 4. The minimum Gasteiger partial charge on any atom is -0.361 e. The van der Waals surface area contributed by atoms with E-state index in [9.17, 15) is 13.0 Å². The maximum Gasteiger partial charge on any atom is 0.294 e. The van der Waals surface area contributed by atoms with Gasteiger partial charge >= 0.3 is 0 Å². The van der Waals surface area contributed by atoms with Gasteiger partial charge in [0.05, 0.1) is 16.9 Å². The average molecular weight is 779 g/mol. The molecule has 7 aromatic rings. The summed E-state index contributed by atoms with van der Waals surface area (Å²) in [5.41, 5.74) is 13.2. The van der Waals surface area contributed by atoms with Crippen LogP contribution in [-0.4, -0.2) is 33.2 Å². The van der Waals surface area contributed by atoms with E-state index in [1.165, 1.54) is 12.1 Å². The minimum absolute atomic E-state index is 0.177. The van der Waals surface area contributed by atoms with Crippen LogP contribution in [0.3, 0.4) is 0 Å². The molecule has 2 aliphatic heterocycles. The highest BCUT2D eigenvalue weighted by molar-refractivity contribution is 7.94. The van der Waals surface area contributed by atoms with E-state index in [0.717, 1.165) is 106 Å². The monoisotopic (exact) mass is 778 g/mol. The number of aromatic amines is 3. The molecule has 3 aromatic heterocycles. The molecule has 1 fully saturated rings. The van der Waals surface area contributed by atoms with Crippen LogP contribution in [0, 0.1) is 0 Å². The van der Waals surface area contributed by atoms with Crippen molar-refractivity contribution in [3.63, 3.8) is 0 Å². The van der Waals surface area contributed by atoms with Crippen molar-refractivity contribution in [2.45, 2.75) is 22.6 Å². The first kappa shape index (κ1) is 35.6. The minimum atomic E-state index is -4.38. The van der Waals surface area contributed by atoms with Crippen LogP contribution in [0.1, 0.15) is 57.9 Å². The summed E-state index contributed by atoms with van der Waals surface area (Å²) in [6, 6.07) is 47.2. The van der Waals surface area contributed by atoms with Crippen molar-refractivity contribution in [3.05, 3.63) is 213 Å². The quantitative estimate of drug-likeness (QED) is 0.0397. The van der Waals surface area contributed by atoms with E-state index in [-0.39, 0.29) is 4.90 Å². The Labute approximate surface area is 326 Å². The summed E-state index contributed by atoms with van der Waals surface area (Å²) in [6.07, 6.45) is 1.36. The molecule has 0 spiro atoms. The third-order valence-electron chi connectivity index (χ3n) is 10.1. The number of hydrogen-bond donors (Lipinski definition) is 6. The third-order valence-corrected chi connectivity index (χ3v) is 11.5. The normalized spacial score (nSPS) is 14.4. The van der Waals surface area contributed by atoms with Crippen molar-refractivity contribution < 1.29 is 27.6 Å². The van der Waals surface area contributed by atoms with E-state index in [1.807, 2.05) is 60.7 Å². The average Bonchev–Trinajstić information content (AvgIpc) is 4.06. The Balaban J connectivity index is 1.34. The number of benzene rings is 4. The molecular formula is C44H34N4O6S2. The van der Waals surface area contributed by atoms with Crippen LogP contribution in [0.25, 0.3) is 22.3 Å². The van der Waals surface area contributed by atoms with Crippen LogP contribution in [0.2, 0.25) is 0 Å². The molecule has 0 aliphatic carbocycles. The van der Waals surface area contributed by atoms with Gasteiger partial charge in [-0.15, -0.1) is 4.33 Å². The highest BCUT2D eigenvalue weighted by atomic mass is 32.2. The lowest BCUT2D eigenvalue weighted by atomic mass is 9.99. The second-order valence-electron chi connectivity index (χ2n) is 13.4. The van der Waals surface area contributed by atoms with Gasteiger partial charge in [0.25, 0.3) is 10.1 Å². The zero-order valence-corrected chi connectivity index (χ0v) is 31.2. The third kappa shape index (κ3) is 6.86. The predicted molar refractivity (Wildman–Crippen MR) is 216 cm³/mol. The van der Waals surface area contributed by atoms with E-state index in [1.54, 1.807) is 12.1 Å². The standard InChI is InChI=1S/C44H34N4O6S2/c49-53-54-55-31-15-11-29(12-16-31)43-37-23-21-35(46-37)41(27-7-3-1-4-8-27)33-19-20-34(45-33)42(28-9-5-2-6-10-28)36-22-24-39(47-36)44(40-26-25-38(43)48-40)30-13-17-32(18-14-30)56(50,51)52/h1-24,45-49H,25-26H2,(H,50,51,52). The van der Waals surface area contributed by atoms with Crippen molar-refractivity contribution in [3.8, 4) is 0 Å². The smallest absolute Gasteiger partial charge is 0.294 e. The van der Waals surface area contributed by atoms with Gasteiger partial charge in [-0.2, -0.15) is 8.42 Å². The molecule has 0 atom stereocenters. The van der Waals surface area contributed by atoms with Gasteiger partial charge < -0.3 is 20.3 Å². The molecule has 8 bridgehead atoms. The Morgan fingerprint density at radius 1 is 0.500 bits per heavy atom. The first-order chi connectivity index (χ1) is 27.3. The Bertz CT molecular complexity index is 2870. The van der Waals surface area contributed by atoms with E-state index in [0.29, 0.717) is 12.8 Å². The van der Waals surface area contributed by atoms with Gasteiger partial charge in [0.1, 0.15) is 0 Å². The second-order valence-corrected chi connectivity index (χ2v) is 15.6. The molecule has 0 saturated carbocycles. The number of H-pyrrole nitrogens is 3. The van der Waals surface area contributed by atoms with Crippen LogP contribution >= 0.6 is 12.0 Å². The van der Waals surface area contributed by atoms with E-state index < -0.39 is 10.1 Å². The molecule has 5 heterocycles. The largest absolute Gasteiger partial charge is 0.361 e. The maximum absolute atomic E-state index is 12.0. The van der Waals surface area contributed by atoms with Gasteiger partial charge in [0, 0.05) is 72.1 Å². The molecule has 12 heteroatoms. The molecular weight excluding hydrogens is 745 g/mol. The topological polar surface area (TPSA) is 152 Å². The summed E-state index contributed by atoms with van der Waals surface area (Å²) in [7, 11) is -4.38. The molecule has 2 aliphatic rings. The Kier molecular flexibility index (Phi) is 9.43. The summed E-state index contributed by atoms with van der Waals surface area (Å²) in [4.78, 5) is 11.9. The molecule has 10 nitrogen and oxygen atoms in total. The van der Waals surface area contributed by atoms with Crippen molar-refractivity contribution in [1.82, 2.24) is 20.3 Å². The summed E-state index contributed by atoms with van der Waals surface area (Å²) in [5, 5.41) is 18.2. The molecule has 56 heavy (non-hydrogen) atoms. The molecule has 6 N–H and O–H groups in total. The zero-order valence-electron chi connectivity index (χ0n) is 29.6. The fourth-order valence-corrected chi connectivity index (χ4v) is 8.46. The van der Waals surface area contributed by atoms with E-state index in [4.69, 9.17) is 5.26 Å². The van der Waals surface area contributed by atoms with Crippen LogP contribution in [0.4, 0.5) is 0 Å². The predicted octanol–water partition coefficient (Wildman–Crippen LogP) is 7.76. The number of hydrogen-bond acceptors (Lipinski definition) is 7. The van der Waals surface area contributed by atoms with Crippen LogP contribution in [-0.2, 0) is 19.5 Å². The van der Waals surface area contributed by atoms with Crippen molar-refractivity contribution in [1.29, 1.82) is 0 Å². The van der Waals surface area contributed by atoms with Gasteiger partial charge in [-0.1, -0.05) is 90.0 Å².